The molecule has 3 aromatic rings. The van der Waals surface area contributed by atoms with Gasteiger partial charge in [-0.3, -0.25) is 0 Å². The standard InChI is InChI=1S/C19H20ClN3S2/c1-12-16(13-3-5-14(20)6-4-13)17-18(24-12)21-11-22-19(17)25-15-7-9-23(2)10-8-15/h3-6,11,15H,7-10H2,1-2H3. The number of likely N-dealkylation sites (tertiary alicyclic amines) is 1. The third-order valence-electron chi connectivity index (χ3n) is 4.71. The van der Waals surface area contributed by atoms with Crippen LogP contribution < -0.4 is 0 Å². The summed E-state index contributed by atoms with van der Waals surface area (Å²) in [5, 5.41) is 3.72. The van der Waals surface area contributed by atoms with Gasteiger partial charge in [0.2, 0.25) is 0 Å². The van der Waals surface area contributed by atoms with Crippen LogP contribution in [0.15, 0.2) is 35.6 Å². The second-order valence-electron chi connectivity index (χ2n) is 6.52. The molecule has 0 bridgehead atoms. The van der Waals surface area contributed by atoms with E-state index in [1.54, 1.807) is 17.7 Å². The van der Waals surface area contributed by atoms with E-state index < -0.39 is 0 Å². The van der Waals surface area contributed by atoms with Gasteiger partial charge in [-0.05, 0) is 57.6 Å². The number of rotatable bonds is 3. The van der Waals surface area contributed by atoms with Crippen molar-refractivity contribution >= 4 is 44.9 Å². The van der Waals surface area contributed by atoms with E-state index in [9.17, 15) is 0 Å². The summed E-state index contributed by atoms with van der Waals surface area (Å²) >= 11 is 9.75. The Labute approximate surface area is 161 Å². The minimum Gasteiger partial charge on any atom is -0.306 e. The van der Waals surface area contributed by atoms with Crippen molar-refractivity contribution in [3.05, 3.63) is 40.5 Å². The van der Waals surface area contributed by atoms with Crippen molar-refractivity contribution in [2.45, 2.75) is 30.0 Å². The molecule has 1 aliphatic heterocycles. The van der Waals surface area contributed by atoms with Gasteiger partial charge in [-0.2, -0.15) is 0 Å². The summed E-state index contributed by atoms with van der Waals surface area (Å²) in [6, 6.07) is 8.09. The molecular formula is C19H20ClN3S2. The van der Waals surface area contributed by atoms with Crippen molar-refractivity contribution in [1.29, 1.82) is 0 Å². The van der Waals surface area contributed by atoms with Gasteiger partial charge < -0.3 is 4.90 Å². The summed E-state index contributed by atoms with van der Waals surface area (Å²) in [5.74, 6) is 0. The molecule has 0 N–H and O–H groups in total. The zero-order chi connectivity index (χ0) is 17.4. The van der Waals surface area contributed by atoms with Gasteiger partial charge in [0.1, 0.15) is 16.2 Å². The maximum atomic E-state index is 6.07. The number of thiophene rings is 1. The fourth-order valence-corrected chi connectivity index (χ4v) is 5.72. The molecule has 4 rings (SSSR count). The monoisotopic (exact) mass is 389 g/mol. The Morgan fingerprint density at radius 1 is 1.16 bits per heavy atom. The van der Waals surface area contributed by atoms with E-state index in [0.29, 0.717) is 5.25 Å². The predicted molar refractivity (Wildman–Crippen MR) is 109 cm³/mol. The molecule has 1 aliphatic rings. The number of fused-ring (bicyclic) bond motifs is 1. The van der Waals surface area contributed by atoms with Crippen LogP contribution in [0.3, 0.4) is 0 Å². The number of halogens is 1. The molecule has 0 radical (unpaired) electrons. The zero-order valence-electron chi connectivity index (χ0n) is 14.3. The van der Waals surface area contributed by atoms with Crippen LogP contribution in [0.4, 0.5) is 0 Å². The van der Waals surface area contributed by atoms with Crippen LogP contribution >= 0.6 is 34.7 Å². The molecule has 25 heavy (non-hydrogen) atoms. The van der Waals surface area contributed by atoms with Crippen molar-refractivity contribution in [3.63, 3.8) is 0 Å². The molecule has 0 unspecified atom stereocenters. The van der Waals surface area contributed by atoms with E-state index in [1.807, 2.05) is 23.9 Å². The van der Waals surface area contributed by atoms with Gasteiger partial charge in [0.05, 0.1) is 5.39 Å². The number of benzene rings is 1. The van der Waals surface area contributed by atoms with Gasteiger partial charge in [0.15, 0.2) is 0 Å². The van der Waals surface area contributed by atoms with Gasteiger partial charge in [0.25, 0.3) is 0 Å². The van der Waals surface area contributed by atoms with Crippen LogP contribution in [0.2, 0.25) is 5.02 Å². The summed E-state index contributed by atoms with van der Waals surface area (Å²) in [7, 11) is 2.20. The van der Waals surface area contributed by atoms with Gasteiger partial charge in [0, 0.05) is 20.7 Å². The quantitative estimate of drug-likeness (QED) is 0.552. The molecule has 6 heteroatoms. The number of aromatic nitrogens is 2. The average Bonchev–Trinajstić information content (AvgIpc) is 2.95. The molecule has 1 aromatic carbocycles. The molecule has 3 nitrogen and oxygen atoms in total. The number of thioether (sulfide) groups is 1. The number of piperidine rings is 1. The second-order valence-corrected chi connectivity index (χ2v) is 9.45. The Morgan fingerprint density at radius 3 is 2.60 bits per heavy atom. The van der Waals surface area contributed by atoms with Crippen LogP contribution in [0, 0.1) is 6.92 Å². The normalized spacial score (nSPS) is 16.6. The fraction of sp³-hybridized carbons (Fsp3) is 0.368. The molecule has 1 fully saturated rings. The summed E-state index contributed by atoms with van der Waals surface area (Å²) < 4.78 is 0. The lowest BCUT2D eigenvalue weighted by Gasteiger charge is -2.28. The van der Waals surface area contributed by atoms with Crippen LogP contribution in [0.25, 0.3) is 21.3 Å². The Bertz CT molecular complexity index is 884. The minimum absolute atomic E-state index is 0.632. The zero-order valence-corrected chi connectivity index (χ0v) is 16.7. The van der Waals surface area contributed by atoms with Crippen molar-refractivity contribution in [2.24, 2.45) is 0 Å². The fourth-order valence-electron chi connectivity index (χ4n) is 3.33. The number of aryl methyl sites for hydroxylation is 1. The molecule has 3 heterocycles. The topological polar surface area (TPSA) is 29.0 Å². The lowest BCUT2D eigenvalue weighted by molar-refractivity contribution is 0.282. The van der Waals surface area contributed by atoms with E-state index in [0.717, 1.165) is 14.9 Å². The first-order valence-electron chi connectivity index (χ1n) is 8.47. The predicted octanol–water partition coefficient (Wildman–Crippen LogP) is 5.51. The molecule has 0 saturated carbocycles. The third-order valence-corrected chi connectivity index (χ3v) is 7.31. The molecule has 0 atom stereocenters. The maximum Gasteiger partial charge on any atom is 0.128 e. The molecule has 0 spiro atoms. The molecular weight excluding hydrogens is 370 g/mol. The summed E-state index contributed by atoms with van der Waals surface area (Å²) in [6.07, 6.45) is 4.14. The van der Waals surface area contributed by atoms with E-state index in [-0.39, 0.29) is 0 Å². The van der Waals surface area contributed by atoms with Crippen molar-refractivity contribution in [2.75, 3.05) is 20.1 Å². The summed E-state index contributed by atoms with van der Waals surface area (Å²) in [6.45, 7) is 4.50. The van der Waals surface area contributed by atoms with Gasteiger partial charge in [-0.1, -0.05) is 23.7 Å². The average molecular weight is 390 g/mol. The number of nitrogens with zero attached hydrogens (tertiary/aromatic N) is 3. The largest absolute Gasteiger partial charge is 0.306 e. The van der Waals surface area contributed by atoms with Crippen molar-refractivity contribution < 1.29 is 0 Å². The third kappa shape index (κ3) is 3.56. The Balaban J connectivity index is 1.76. The Hall–Kier alpha value is -1.14. The maximum absolute atomic E-state index is 6.07. The molecule has 130 valence electrons. The highest BCUT2D eigenvalue weighted by Gasteiger charge is 2.22. The van der Waals surface area contributed by atoms with Gasteiger partial charge in [-0.25, -0.2) is 9.97 Å². The highest BCUT2D eigenvalue weighted by molar-refractivity contribution is 8.00. The van der Waals surface area contributed by atoms with Crippen LogP contribution in [0.5, 0.6) is 0 Å². The first kappa shape index (κ1) is 17.3. The number of hydrogen-bond acceptors (Lipinski definition) is 5. The first-order valence-corrected chi connectivity index (χ1v) is 10.5. The van der Waals surface area contributed by atoms with Crippen molar-refractivity contribution in [3.8, 4) is 11.1 Å². The molecule has 1 saturated heterocycles. The van der Waals surface area contributed by atoms with Gasteiger partial charge in [-0.15, -0.1) is 23.1 Å². The lowest BCUT2D eigenvalue weighted by Crippen LogP contribution is -2.31. The highest BCUT2D eigenvalue weighted by Crippen LogP contribution is 2.43. The SMILES string of the molecule is Cc1sc2ncnc(SC3CCN(C)CC3)c2c1-c1ccc(Cl)cc1. The minimum atomic E-state index is 0.632. The van der Waals surface area contributed by atoms with E-state index in [1.165, 1.54) is 47.3 Å². The molecule has 2 aromatic heterocycles. The van der Waals surface area contributed by atoms with Crippen LogP contribution in [-0.4, -0.2) is 40.3 Å². The highest BCUT2D eigenvalue weighted by atomic mass is 35.5. The first-order chi connectivity index (χ1) is 12.1. The lowest BCUT2D eigenvalue weighted by atomic mass is 10.0. The number of hydrogen-bond donors (Lipinski definition) is 0. The second kappa shape index (κ2) is 7.23. The smallest absolute Gasteiger partial charge is 0.128 e. The van der Waals surface area contributed by atoms with Crippen LogP contribution in [0.1, 0.15) is 17.7 Å². The Kier molecular flexibility index (Phi) is 5.00. The van der Waals surface area contributed by atoms with Gasteiger partial charge >= 0.3 is 0 Å². The van der Waals surface area contributed by atoms with E-state index in [4.69, 9.17) is 11.6 Å². The summed E-state index contributed by atoms with van der Waals surface area (Å²) in [4.78, 5) is 13.9. The van der Waals surface area contributed by atoms with E-state index >= 15 is 0 Å². The molecule has 0 aliphatic carbocycles. The Morgan fingerprint density at radius 2 is 1.88 bits per heavy atom. The van der Waals surface area contributed by atoms with E-state index in [2.05, 4.69) is 41.0 Å². The molecule has 0 amide bonds. The van der Waals surface area contributed by atoms with Crippen molar-refractivity contribution in [1.82, 2.24) is 14.9 Å². The van der Waals surface area contributed by atoms with Crippen LogP contribution in [-0.2, 0) is 0 Å². The summed E-state index contributed by atoms with van der Waals surface area (Å²) in [5.41, 5.74) is 2.45.